The number of ether oxygens (including phenoxy) is 2. The molecule has 4 heterocycles. The van der Waals surface area contributed by atoms with E-state index in [-0.39, 0.29) is 6.09 Å². The van der Waals surface area contributed by atoms with Gasteiger partial charge in [-0.15, -0.1) is 0 Å². The Balaban J connectivity index is 1.53. The van der Waals surface area contributed by atoms with Gasteiger partial charge in [0.25, 0.3) is 0 Å². The summed E-state index contributed by atoms with van der Waals surface area (Å²) >= 11 is 0. The minimum Gasteiger partial charge on any atom is -0.488 e. The van der Waals surface area contributed by atoms with Crippen molar-refractivity contribution in [2.24, 2.45) is 0 Å². The zero-order valence-corrected chi connectivity index (χ0v) is 26.2. The largest absolute Gasteiger partial charge is 0.488 e. The number of hydrogen-bond donors (Lipinski definition) is 0. The third kappa shape index (κ3) is 6.30. The lowest BCUT2D eigenvalue weighted by Gasteiger charge is -2.37. The second kappa shape index (κ2) is 12.2. The van der Waals surface area contributed by atoms with E-state index in [9.17, 15) is 4.79 Å². The van der Waals surface area contributed by atoms with Gasteiger partial charge in [-0.1, -0.05) is 32.0 Å². The maximum Gasteiger partial charge on any atom is 0.410 e. The lowest BCUT2D eigenvalue weighted by atomic mass is 9.96. The first-order chi connectivity index (χ1) is 20.1. The van der Waals surface area contributed by atoms with Crippen molar-refractivity contribution in [1.82, 2.24) is 19.9 Å². The summed E-state index contributed by atoms with van der Waals surface area (Å²) in [5, 5.41) is 0. The monoisotopic (exact) mass is 572 g/mol. The van der Waals surface area contributed by atoms with E-state index in [1.807, 2.05) is 39.8 Å². The molecule has 5 rings (SSSR count). The molecule has 42 heavy (non-hydrogen) atoms. The van der Waals surface area contributed by atoms with Crippen LogP contribution in [0, 0.1) is 13.8 Å². The average molecular weight is 573 g/mol. The van der Waals surface area contributed by atoms with E-state index < -0.39 is 5.60 Å². The number of hydrogen-bond acceptors (Lipinski definition) is 8. The van der Waals surface area contributed by atoms with Crippen molar-refractivity contribution in [3.8, 4) is 17.1 Å². The van der Waals surface area contributed by atoms with Crippen LogP contribution in [0.5, 0.6) is 5.75 Å². The van der Waals surface area contributed by atoms with Crippen molar-refractivity contribution in [2.75, 3.05) is 49.1 Å². The first kappa shape index (κ1) is 29.6. The number of rotatable bonds is 6. The molecule has 0 aliphatic carbocycles. The Morgan fingerprint density at radius 2 is 1.60 bits per heavy atom. The molecule has 1 amide bonds. The number of piperazine rings is 1. The molecular weight excluding hydrogens is 528 g/mol. The lowest BCUT2D eigenvalue weighted by Crippen LogP contribution is -2.50. The number of carbonyl (C=O) groups excluding carboxylic acids is 1. The van der Waals surface area contributed by atoms with Crippen LogP contribution in [0.3, 0.4) is 0 Å². The van der Waals surface area contributed by atoms with Crippen LogP contribution in [0.25, 0.3) is 11.4 Å². The molecule has 3 aromatic rings. The summed E-state index contributed by atoms with van der Waals surface area (Å²) in [4.78, 5) is 34.4. The molecule has 0 N–H and O–H groups in total. The Hall–Kier alpha value is -3.88. The van der Waals surface area contributed by atoms with Gasteiger partial charge in [-0.3, -0.25) is 0 Å². The van der Waals surface area contributed by atoms with Gasteiger partial charge in [0, 0.05) is 43.0 Å². The van der Waals surface area contributed by atoms with Gasteiger partial charge in [0.15, 0.2) is 17.4 Å². The highest BCUT2D eigenvalue weighted by Crippen LogP contribution is 2.34. The maximum absolute atomic E-state index is 12.7. The number of nitrogens with zero attached hydrogens (tertiary/aromatic N) is 6. The first-order valence-corrected chi connectivity index (χ1v) is 15.1. The smallest absolute Gasteiger partial charge is 0.410 e. The molecule has 1 saturated heterocycles. The van der Waals surface area contributed by atoms with Crippen LogP contribution in [-0.2, 0) is 24.1 Å². The SMILES string of the molecule is CCc1cccc(CC)c1-c1nc(CN2CCOc3ccc(C)nc32)c(C)c(N2CCN(C(=O)OC(C)(C)C)CC2)n1. The Morgan fingerprint density at radius 1 is 0.905 bits per heavy atom. The number of amides is 1. The number of aromatic nitrogens is 3. The Kier molecular flexibility index (Phi) is 8.57. The van der Waals surface area contributed by atoms with Gasteiger partial charge in [0.05, 0.1) is 18.8 Å². The molecule has 0 bridgehead atoms. The second-order valence-electron chi connectivity index (χ2n) is 12.1. The normalized spacial score (nSPS) is 15.4. The molecule has 0 spiro atoms. The van der Waals surface area contributed by atoms with Gasteiger partial charge in [-0.25, -0.2) is 19.7 Å². The summed E-state index contributed by atoms with van der Waals surface area (Å²) in [6, 6.07) is 10.5. The molecule has 0 saturated carbocycles. The number of carbonyl (C=O) groups is 1. The molecule has 9 nitrogen and oxygen atoms in total. The maximum atomic E-state index is 12.7. The van der Waals surface area contributed by atoms with Crippen molar-refractivity contribution in [1.29, 1.82) is 0 Å². The van der Waals surface area contributed by atoms with Crippen LogP contribution >= 0.6 is 0 Å². The lowest BCUT2D eigenvalue weighted by molar-refractivity contribution is 0.0240. The predicted molar refractivity (Wildman–Crippen MR) is 166 cm³/mol. The minimum absolute atomic E-state index is 0.263. The van der Waals surface area contributed by atoms with E-state index in [1.165, 1.54) is 11.1 Å². The standard InChI is InChI=1S/C33H44N6O3/c1-8-24-11-10-12-25(9-2)28(24)29-35-26(21-39-19-20-41-27-14-13-22(3)34-31(27)39)23(4)30(36-29)37-15-17-38(18-16-37)32(40)42-33(5,6)7/h10-14H,8-9,15-21H2,1-7H3. The molecule has 0 atom stereocenters. The minimum atomic E-state index is -0.517. The van der Waals surface area contributed by atoms with E-state index >= 15 is 0 Å². The van der Waals surface area contributed by atoms with Gasteiger partial charge in [-0.2, -0.15) is 0 Å². The van der Waals surface area contributed by atoms with Crippen molar-refractivity contribution in [3.05, 3.63) is 58.4 Å². The Morgan fingerprint density at radius 3 is 2.24 bits per heavy atom. The van der Waals surface area contributed by atoms with Gasteiger partial charge >= 0.3 is 6.09 Å². The number of anilines is 2. The molecule has 2 aliphatic rings. The van der Waals surface area contributed by atoms with Crippen LogP contribution in [0.4, 0.5) is 16.4 Å². The number of benzene rings is 1. The molecule has 1 aromatic carbocycles. The van der Waals surface area contributed by atoms with Gasteiger partial charge in [0.2, 0.25) is 0 Å². The highest BCUT2D eigenvalue weighted by atomic mass is 16.6. The summed E-state index contributed by atoms with van der Waals surface area (Å²) in [6.45, 7) is 18.6. The molecule has 0 unspecified atom stereocenters. The average Bonchev–Trinajstić information content (AvgIpc) is 2.97. The topological polar surface area (TPSA) is 83.9 Å². The third-order valence-corrected chi connectivity index (χ3v) is 7.91. The fourth-order valence-electron chi connectivity index (χ4n) is 5.66. The molecule has 1 fully saturated rings. The molecule has 0 radical (unpaired) electrons. The van der Waals surface area contributed by atoms with Crippen molar-refractivity contribution >= 4 is 17.7 Å². The molecule has 9 heteroatoms. The second-order valence-corrected chi connectivity index (χ2v) is 12.1. The van der Waals surface area contributed by atoms with Gasteiger partial charge in [0.1, 0.15) is 18.0 Å². The summed E-state index contributed by atoms with van der Waals surface area (Å²) in [5.41, 5.74) is 6.10. The van der Waals surface area contributed by atoms with E-state index in [4.69, 9.17) is 24.4 Å². The van der Waals surface area contributed by atoms with Crippen LogP contribution in [0.2, 0.25) is 0 Å². The van der Waals surface area contributed by atoms with Crippen LogP contribution in [-0.4, -0.2) is 70.9 Å². The fourth-order valence-corrected chi connectivity index (χ4v) is 5.66. The Bertz CT molecular complexity index is 1420. The quantitative estimate of drug-likeness (QED) is 0.370. The third-order valence-electron chi connectivity index (χ3n) is 7.91. The number of aryl methyl sites for hydroxylation is 3. The zero-order valence-electron chi connectivity index (χ0n) is 26.2. The van der Waals surface area contributed by atoms with E-state index in [0.717, 1.165) is 65.1 Å². The van der Waals surface area contributed by atoms with Crippen molar-refractivity contribution in [2.45, 2.75) is 73.5 Å². The predicted octanol–water partition coefficient (Wildman–Crippen LogP) is 5.74. The molecule has 224 valence electrons. The molecule has 2 aliphatic heterocycles. The molecule has 2 aromatic heterocycles. The number of fused-ring (bicyclic) bond motifs is 1. The van der Waals surface area contributed by atoms with E-state index in [1.54, 1.807) is 4.90 Å². The summed E-state index contributed by atoms with van der Waals surface area (Å²) in [6.07, 6.45) is 1.54. The van der Waals surface area contributed by atoms with Crippen molar-refractivity contribution in [3.63, 3.8) is 0 Å². The van der Waals surface area contributed by atoms with E-state index in [0.29, 0.717) is 39.3 Å². The number of pyridine rings is 1. The van der Waals surface area contributed by atoms with E-state index in [2.05, 4.69) is 48.8 Å². The van der Waals surface area contributed by atoms with Crippen LogP contribution < -0.4 is 14.5 Å². The first-order valence-electron chi connectivity index (χ1n) is 15.1. The summed E-state index contributed by atoms with van der Waals surface area (Å²) < 4.78 is 11.6. The van der Waals surface area contributed by atoms with Gasteiger partial charge < -0.3 is 24.2 Å². The highest BCUT2D eigenvalue weighted by molar-refractivity contribution is 5.70. The van der Waals surface area contributed by atoms with Crippen LogP contribution in [0.15, 0.2) is 30.3 Å². The van der Waals surface area contributed by atoms with Gasteiger partial charge in [-0.05, 0) is 70.7 Å². The fraction of sp³-hybridized carbons (Fsp3) is 0.515. The molecular formula is C33H44N6O3. The zero-order chi connectivity index (χ0) is 30.0. The van der Waals surface area contributed by atoms with Crippen LogP contribution in [0.1, 0.15) is 62.7 Å². The summed E-state index contributed by atoms with van der Waals surface area (Å²) in [5.74, 6) is 3.36. The summed E-state index contributed by atoms with van der Waals surface area (Å²) in [7, 11) is 0. The van der Waals surface area contributed by atoms with Crippen molar-refractivity contribution < 1.29 is 14.3 Å². The highest BCUT2D eigenvalue weighted by Gasteiger charge is 2.29. The Labute approximate surface area is 249 Å².